The molecule has 1 amide bonds. The number of aryl methyl sites for hydroxylation is 1. The number of aromatic nitrogens is 1. The third kappa shape index (κ3) is 4.38. The highest BCUT2D eigenvalue weighted by molar-refractivity contribution is 5.94. The van der Waals surface area contributed by atoms with Gasteiger partial charge in [0.15, 0.2) is 0 Å². The first-order valence-electron chi connectivity index (χ1n) is 9.11. The quantitative estimate of drug-likeness (QED) is 0.908. The number of anilines is 1. The predicted molar refractivity (Wildman–Crippen MR) is 102 cm³/mol. The first-order valence-corrected chi connectivity index (χ1v) is 9.11. The molecule has 0 bridgehead atoms. The highest BCUT2D eigenvalue weighted by Gasteiger charge is 2.24. The summed E-state index contributed by atoms with van der Waals surface area (Å²) in [7, 11) is 0. The minimum absolute atomic E-state index is 0.0779. The number of rotatable bonds is 4. The normalized spacial score (nSPS) is 17.6. The van der Waals surface area contributed by atoms with Gasteiger partial charge in [-0.1, -0.05) is 26.0 Å². The molecule has 132 valence electrons. The number of carbonyl (C=O) groups is 1. The number of benzene rings is 1. The number of pyridine rings is 1. The minimum atomic E-state index is 0.0779. The van der Waals surface area contributed by atoms with Crippen LogP contribution in [-0.4, -0.2) is 34.9 Å². The van der Waals surface area contributed by atoms with Gasteiger partial charge in [-0.15, -0.1) is 0 Å². The van der Waals surface area contributed by atoms with Crippen molar-refractivity contribution in [1.82, 2.24) is 9.88 Å². The van der Waals surface area contributed by atoms with Crippen LogP contribution in [0, 0.1) is 6.92 Å². The van der Waals surface area contributed by atoms with E-state index in [9.17, 15) is 4.79 Å². The van der Waals surface area contributed by atoms with Crippen molar-refractivity contribution < 1.29 is 4.79 Å². The summed E-state index contributed by atoms with van der Waals surface area (Å²) < 4.78 is 0. The third-order valence-corrected chi connectivity index (χ3v) is 4.82. The number of piperidine rings is 1. The van der Waals surface area contributed by atoms with Crippen LogP contribution in [0.2, 0.25) is 0 Å². The Hall–Kier alpha value is -2.36. The summed E-state index contributed by atoms with van der Waals surface area (Å²) in [4.78, 5) is 18.9. The lowest BCUT2D eigenvalue weighted by molar-refractivity contribution is 0.0714. The zero-order chi connectivity index (χ0) is 17.8. The predicted octanol–water partition coefficient (Wildman–Crippen LogP) is 4.23. The molecular weight excluding hydrogens is 310 g/mol. The number of nitrogens with zero attached hydrogens (tertiary/aromatic N) is 2. The SMILES string of the molecule is Cc1ccc(C(=O)N2CCC[C@H](Nc3ccc(C(C)C)cc3)C2)cn1. The molecule has 0 spiro atoms. The van der Waals surface area contributed by atoms with Crippen molar-refractivity contribution in [3.63, 3.8) is 0 Å². The molecule has 0 unspecified atom stereocenters. The van der Waals surface area contributed by atoms with Gasteiger partial charge < -0.3 is 10.2 Å². The van der Waals surface area contributed by atoms with E-state index in [1.807, 2.05) is 24.0 Å². The van der Waals surface area contributed by atoms with Crippen LogP contribution in [0.1, 0.15) is 54.2 Å². The van der Waals surface area contributed by atoms with Crippen LogP contribution in [-0.2, 0) is 0 Å². The number of carbonyl (C=O) groups excluding carboxylic acids is 1. The van der Waals surface area contributed by atoms with Gasteiger partial charge in [-0.25, -0.2) is 0 Å². The lowest BCUT2D eigenvalue weighted by Crippen LogP contribution is -2.45. The van der Waals surface area contributed by atoms with Crippen LogP contribution in [0.15, 0.2) is 42.6 Å². The summed E-state index contributed by atoms with van der Waals surface area (Å²) in [5, 5.41) is 3.58. The largest absolute Gasteiger partial charge is 0.381 e. The summed E-state index contributed by atoms with van der Waals surface area (Å²) in [6.07, 6.45) is 3.79. The molecular formula is C21H27N3O. The van der Waals surface area contributed by atoms with Crippen LogP contribution < -0.4 is 5.32 Å². The van der Waals surface area contributed by atoms with Gasteiger partial charge >= 0.3 is 0 Å². The fourth-order valence-electron chi connectivity index (χ4n) is 3.26. The van der Waals surface area contributed by atoms with Gasteiger partial charge in [0.25, 0.3) is 5.91 Å². The number of likely N-dealkylation sites (tertiary alicyclic amines) is 1. The van der Waals surface area contributed by atoms with E-state index in [-0.39, 0.29) is 5.91 Å². The van der Waals surface area contributed by atoms with Crippen LogP contribution in [0.4, 0.5) is 5.69 Å². The molecule has 1 aliphatic heterocycles. The van der Waals surface area contributed by atoms with Gasteiger partial charge in [-0.05, 0) is 55.5 Å². The monoisotopic (exact) mass is 337 g/mol. The number of amides is 1. The van der Waals surface area contributed by atoms with E-state index in [0.717, 1.165) is 37.3 Å². The zero-order valence-electron chi connectivity index (χ0n) is 15.3. The molecule has 1 saturated heterocycles. The van der Waals surface area contributed by atoms with Crippen molar-refractivity contribution >= 4 is 11.6 Å². The molecule has 1 aromatic heterocycles. The average molecular weight is 337 g/mol. The molecule has 1 aliphatic rings. The summed E-state index contributed by atoms with van der Waals surface area (Å²) in [6.45, 7) is 7.88. The van der Waals surface area contributed by atoms with Gasteiger partial charge in [0.1, 0.15) is 0 Å². The van der Waals surface area contributed by atoms with E-state index in [1.165, 1.54) is 5.56 Å². The van der Waals surface area contributed by atoms with Gasteiger partial charge in [-0.3, -0.25) is 9.78 Å². The van der Waals surface area contributed by atoms with Crippen LogP contribution >= 0.6 is 0 Å². The summed E-state index contributed by atoms with van der Waals surface area (Å²) in [6, 6.07) is 12.7. The van der Waals surface area contributed by atoms with Crippen molar-refractivity contribution in [1.29, 1.82) is 0 Å². The molecule has 4 heteroatoms. The van der Waals surface area contributed by atoms with Gasteiger partial charge in [0.2, 0.25) is 0 Å². The minimum Gasteiger partial charge on any atom is -0.381 e. The first kappa shape index (κ1) is 17.5. The van der Waals surface area contributed by atoms with Gasteiger partial charge in [0, 0.05) is 36.7 Å². The summed E-state index contributed by atoms with van der Waals surface area (Å²) in [5.41, 5.74) is 4.07. The Kier molecular flexibility index (Phi) is 5.37. The lowest BCUT2D eigenvalue weighted by atomic mass is 10.0. The van der Waals surface area contributed by atoms with E-state index < -0.39 is 0 Å². The molecule has 0 saturated carbocycles. The summed E-state index contributed by atoms with van der Waals surface area (Å²) >= 11 is 0. The lowest BCUT2D eigenvalue weighted by Gasteiger charge is -2.33. The molecule has 1 aromatic carbocycles. The average Bonchev–Trinajstić information content (AvgIpc) is 2.62. The molecule has 4 nitrogen and oxygen atoms in total. The molecule has 0 aliphatic carbocycles. The van der Waals surface area contributed by atoms with Crippen molar-refractivity contribution in [3.05, 3.63) is 59.4 Å². The maximum atomic E-state index is 12.7. The van der Waals surface area contributed by atoms with Crippen molar-refractivity contribution in [2.24, 2.45) is 0 Å². The second-order valence-electron chi connectivity index (χ2n) is 7.20. The molecule has 2 heterocycles. The van der Waals surface area contributed by atoms with E-state index in [1.54, 1.807) is 6.20 Å². The Morgan fingerprint density at radius 2 is 1.96 bits per heavy atom. The second kappa shape index (κ2) is 7.68. The first-order chi connectivity index (χ1) is 12.0. The van der Waals surface area contributed by atoms with Gasteiger partial charge in [-0.2, -0.15) is 0 Å². The fraction of sp³-hybridized carbons (Fsp3) is 0.429. The van der Waals surface area contributed by atoms with Crippen LogP contribution in [0.25, 0.3) is 0 Å². The Balaban J connectivity index is 1.62. The van der Waals surface area contributed by atoms with Gasteiger partial charge in [0.05, 0.1) is 5.56 Å². The van der Waals surface area contributed by atoms with E-state index in [2.05, 4.69) is 48.4 Å². The molecule has 3 rings (SSSR count). The van der Waals surface area contributed by atoms with E-state index in [0.29, 0.717) is 17.5 Å². The highest BCUT2D eigenvalue weighted by Crippen LogP contribution is 2.21. The maximum Gasteiger partial charge on any atom is 0.255 e. The van der Waals surface area contributed by atoms with Crippen LogP contribution in [0.3, 0.4) is 0 Å². The molecule has 0 radical (unpaired) electrons. The molecule has 1 atom stereocenters. The number of hydrogen-bond donors (Lipinski definition) is 1. The highest BCUT2D eigenvalue weighted by atomic mass is 16.2. The molecule has 2 aromatic rings. The Morgan fingerprint density at radius 1 is 1.20 bits per heavy atom. The van der Waals surface area contributed by atoms with E-state index in [4.69, 9.17) is 0 Å². The van der Waals surface area contributed by atoms with Crippen molar-refractivity contribution in [2.75, 3.05) is 18.4 Å². The summed E-state index contributed by atoms with van der Waals surface area (Å²) in [5.74, 6) is 0.620. The zero-order valence-corrected chi connectivity index (χ0v) is 15.3. The topological polar surface area (TPSA) is 45.2 Å². The fourth-order valence-corrected chi connectivity index (χ4v) is 3.26. The van der Waals surface area contributed by atoms with E-state index >= 15 is 0 Å². The van der Waals surface area contributed by atoms with Crippen molar-refractivity contribution in [2.45, 2.75) is 45.6 Å². The molecule has 1 N–H and O–H groups in total. The molecule has 1 fully saturated rings. The maximum absolute atomic E-state index is 12.7. The second-order valence-corrected chi connectivity index (χ2v) is 7.20. The third-order valence-electron chi connectivity index (χ3n) is 4.82. The Morgan fingerprint density at radius 3 is 2.60 bits per heavy atom. The Bertz CT molecular complexity index is 707. The number of hydrogen-bond acceptors (Lipinski definition) is 3. The van der Waals surface area contributed by atoms with Crippen LogP contribution in [0.5, 0.6) is 0 Å². The van der Waals surface area contributed by atoms with Crippen molar-refractivity contribution in [3.8, 4) is 0 Å². The molecule has 25 heavy (non-hydrogen) atoms. The number of nitrogens with one attached hydrogen (secondary N) is 1. The smallest absolute Gasteiger partial charge is 0.255 e. The standard InChI is InChI=1S/C21H27N3O/c1-15(2)17-8-10-19(11-9-17)23-20-5-4-12-24(14-20)21(25)18-7-6-16(3)22-13-18/h6-11,13,15,20,23H,4-5,12,14H2,1-3H3/t20-/m0/s1. The Labute approximate surface area is 150 Å².